The summed E-state index contributed by atoms with van der Waals surface area (Å²) >= 11 is 0. The van der Waals surface area contributed by atoms with E-state index in [0.717, 1.165) is 19.3 Å². The van der Waals surface area contributed by atoms with Crippen molar-refractivity contribution in [2.45, 2.75) is 119 Å². The fourth-order valence-electron chi connectivity index (χ4n) is 4.81. The van der Waals surface area contributed by atoms with E-state index < -0.39 is 18.0 Å². The van der Waals surface area contributed by atoms with Gasteiger partial charge in [0.2, 0.25) is 11.8 Å². The molecule has 0 aromatic heterocycles. The number of rotatable bonds is 18. The third-order valence-electron chi connectivity index (χ3n) is 7.28. The van der Waals surface area contributed by atoms with Crippen LogP contribution in [0.3, 0.4) is 0 Å². The van der Waals surface area contributed by atoms with Gasteiger partial charge < -0.3 is 21.7 Å². The van der Waals surface area contributed by atoms with Crippen LogP contribution in [-0.2, 0) is 25.6 Å². The summed E-state index contributed by atoms with van der Waals surface area (Å²) in [7, 11) is 0. The maximum absolute atomic E-state index is 13.4. The van der Waals surface area contributed by atoms with Gasteiger partial charge in [0.1, 0.15) is 5.78 Å². The van der Waals surface area contributed by atoms with Gasteiger partial charge in [-0.15, -0.1) is 0 Å². The first kappa shape index (κ1) is 37.8. The lowest BCUT2D eigenvalue weighted by molar-refractivity contribution is -0.131. The average Bonchev–Trinajstić information content (AvgIpc) is 2.87. The number of nitrogens with one attached hydrogen (secondary N) is 3. The number of Topliss-reactive ketones (excluding diaryl/α,β-unsaturated/α-hetero) is 2. The largest absolute Gasteiger partial charge is 0.352 e. The zero-order valence-electron chi connectivity index (χ0n) is 27.7. The summed E-state index contributed by atoms with van der Waals surface area (Å²) in [5.41, 5.74) is 6.77. The molecule has 5 N–H and O–H groups in total. The number of hydrogen-bond donors (Lipinski definition) is 4. The number of amides is 4. The third kappa shape index (κ3) is 16.3. The minimum absolute atomic E-state index is 0.0391. The van der Waals surface area contributed by atoms with Gasteiger partial charge in [-0.1, -0.05) is 73.9 Å². The van der Waals surface area contributed by atoms with Crippen LogP contribution < -0.4 is 21.7 Å². The first-order valence-electron chi connectivity index (χ1n) is 15.7. The molecule has 0 saturated carbocycles. The molecule has 2 atom stereocenters. The predicted octanol–water partition coefficient (Wildman–Crippen LogP) is 5.94. The SMILES string of the molecule is CC(C)[C@H](NC(=O)CCCCCC(=O)C(C)(C)C)C(=O)C[C@@H](CCCNC(N)=O)C(=O)Nc1ccc(CC(C)(C)C)cc1. The molecule has 0 fully saturated rings. The number of carbonyl (C=O) groups excluding carboxylic acids is 5. The highest BCUT2D eigenvalue weighted by atomic mass is 16.2. The fourth-order valence-corrected chi connectivity index (χ4v) is 4.81. The van der Waals surface area contributed by atoms with Gasteiger partial charge in [0.25, 0.3) is 0 Å². The highest BCUT2D eigenvalue weighted by molar-refractivity contribution is 5.97. The highest BCUT2D eigenvalue weighted by Crippen LogP contribution is 2.23. The number of hydrogen-bond acceptors (Lipinski definition) is 5. The molecule has 0 radical (unpaired) electrons. The standard InChI is InChI=1S/C34H56N4O5/c1-23(2)30(38-29(41)15-11-9-10-14-28(40)34(6,7)8)27(39)21-25(13-12-20-36-32(35)43)31(42)37-26-18-16-24(17-19-26)22-33(3,4)5/h16-19,23,25,30H,9-15,20-22H2,1-8H3,(H,37,42)(H,38,41)(H3,35,36,43)/t25-,30+/m1/s1. The van der Waals surface area contributed by atoms with Crippen molar-refractivity contribution in [2.75, 3.05) is 11.9 Å². The number of urea groups is 1. The summed E-state index contributed by atoms with van der Waals surface area (Å²) in [6, 6.07) is 6.35. The van der Waals surface area contributed by atoms with Crippen LogP contribution in [0, 0.1) is 22.7 Å². The van der Waals surface area contributed by atoms with Crippen LogP contribution >= 0.6 is 0 Å². The molecule has 0 spiro atoms. The summed E-state index contributed by atoms with van der Waals surface area (Å²) in [6.07, 6.45) is 4.60. The Balaban J connectivity index is 2.81. The lowest BCUT2D eigenvalue weighted by Crippen LogP contribution is -2.45. The maximum atomic E-state index is 13.4. The van der Waals surface area contributed by atoms with E-state index in [0.29, 0.717) is 37.9 Å². The van der Waals surface area contributed by atoms with E-state index >= 15 is 0 Å². The molecule has 9 nitrogen and oxygen atoms in total. The summed E-state index contributed by atoms with van der Waals surface area (Å²) < 4.78 is 0. The maximum Gasteiger partial charge on any atom is 0.312 e. The second kappa shape index (κ2) is 17.8. The molecule has 43 heavy (non-hydrogen) atoms. The van der Waals surface area contributed by atoms with Crippen molar-refractivity contribution in [3.05, 3.63) is 29.8 Å². The molecule has 242 valence electrons. The van der Waals surface area contributed by atoms with Gasteiger partial charge in [0, 0.05) is 42.8 Å². The van der Waals surface area contributed by atoms with Gasteiger partial charge in [-0.05, 0) is 61.1 Å². The molecule has 0 bridgehead atoms. The number of benzene rings is 1. The molecule has 0 heterocycles. The summed E-state index contributed by atoms with van der Waals surface area (Å²) in [4.78, 5) is 62.6. The van der Waals surface area contributed by atoms with Crippen LogP contribution in [0.25, 0.3) is 0 Å². The van der Waals surface area contributed by atoms with Crippen molar-refractivity contribution in [3.63, 3.8) is 0 Å². The van der Waals surface area contributed by atoms with Crippen molar-refractivity contribution in [1.29, 1.82) is 0 Å². The normalized spacial score (nSPS) is 13.2. The summed E-state index contributed by atoms with van der Waals surface area (Å²) in [6.45, 7) is 16.3. The number of nitrogens with two attached hydrogens (primary N) is 1. The van der Waals surface area contributed by atoms with Gasteiger partial charge in [-0.3, -0.25) is 19.2 Å². The van der Waals surface area contributed by atoms with Gasteiger partial charge in [-0.25, -0.2) is 4.79 Å². The lowest BCUT2D eigenvalue weighted by Gasteiger charge is -2.24. The molecule has 0 unspecified atom stereocenters. The number of carbonyl (C=O) groups is 5. The van der Waals surface area contributed by atoms with E-state index in [2.05, 4.69) is 36.7 Å². The first-order valence-corrected chi connectivity index (χ1v) is 15.7. The second-order valence-electron chi connectivity index (χ2n) is 14.2. The van der Waals surface area contributed by atoms with Crippen molar-refractivity contribution in [3.8, 4) is 0 Å². The molecular formula is C34H56N4O5. The number of primary amides is 1. The van der Waals surface area contributed by atoms with Gasteiger partial charge in [0.15, 0.2) is 5.78 Å². The Labute approximate surface area is 258 Å². The predicted molar refractivity (Wildman–Crippen MR) is 172 cm³/mol. The zero-order chi connectivity index (χ0) is 32.8. The van der Waals surface area contributed by atoms with E-state index in [1.807, 2.05) is 58.9 Å². The van der Waals surface area contributed by atoms with Crippen molar-refractivity contribution >= 4 is 35.1 Å². The smallest absolute Gasteiger partial charge is 0.312 e. The second-order valence-corrected chi connectivity index (χ2v) is 14.2. The Morgan fingerprint density at radius 2 is 1.44 bits per heavy atom. The zero-order valence-corrected chi connectivity index (χ0v) is 27.7. The van der Waals surface area contributed by atoms with Crippen molar-refractivity contribution in [2.24, 2.45) is 28.4 Å². The minimum Gasteiger partial charge on any atom is -0.352 e. The average molecular weight is 601 g/mol. The molecule has 1 rings (SSSR count). The van der Waals surface area contributed by atoms with Crippen LogP contribution in [0.1, 0.15) is 112 Å². The fraction of sp³-hybridized carbons (Fsp3) is 0.676. The first-order chi connectivity index (χ1) is 19.9. The molecule has 0 aliphatic rings. The van der Waals surface area contributed by atoms with E-state index in [1.54, 1.807) is 0 Å². The summed E-state index contributed by atoms with van der Waals surface area (Å²) in [5, 5.41) is 8.34. The Morgan fingerprint density at radius 3 is 1.98 bits per heavy atom. The van der Waals surface area contributed by atoms with Gasteiger partial charge in [-0.2, -0.15) is 0 Å². The van der Waals surface area contributed by atoms with Gasteiger partial charge >= 0.3 is 6.03 Å². The van der Waals surface area contributed by atoms with Crippen LogP contribution in [0.4, 0.5) is 10.5 Å². The van der Waals surface area contributed by atoms with E-state index in [1.165, 1.54) is 5.56 Å². The quantitative estimate of drug-likeness (QED) is 0.154. The van der Waals surface area contributed by atoms with Crippen LogP contribution in [0.5, 0.6) is 0 Å². The Kier molecular flexibility index (Phi) is 15.6. The molecule has 1 aromatic carbocycles. The molecule has 4 amide bonds. The van der Waals surface area contributed by atoms with E-state index in [4.69, 9.17) is 5.73 Å². The van der Waals surface area contributed by atoms with Gasteiger partial charge in [0.05, 0.1) is 6.04 Å². The topological polar surface area (TPSA) is 147 Å². The number of ketones is 2. The third-order valence-corrected chi connectivity index (χ3v) is 7.28. The Morgan fingerprint density at radius 1 is 0.837 bits per heavy atom. The number of unbranched alkanes of at least 4 members (excludes halogenated alkanes) is 2. The van der Waals surface area contributed by atoms with Crippen molar-refractivity contribution in [1.82, 2.24) is 10.6 Å². The van der Waals surface area contributed by atoms with E-state index in [-0.39, 0.29) is 53.0 Å². The Bertz CT molecular complexity index is 1070. The molecule has 0 saturated heterocycles. The lowest BCUT2D eigenvalue weighted by atomic mass is 9.88. The number of anilines is 1. The van der Waals surface area contributed by atoms with Crippen molar-refractivity contribution < 1.29 is 24.0 Å². The molecule has 0 aliphatic heterocycles. The van der Waals surface area contributed by atoms with Crippen LogP contribution in [-0.4, -0.2) is 42.0 Å². The summed E-state index contributed by atoms with van der Waals surface area (Å²) in [5.74, 6) is -1.29. The monoisotopic (exact) mass is 600 g/mol. The van der Waals surface area contributed by atoms with E-state index in [9.17, 15) is 24.0 Å². The Hall–Kier alpha value is -3.23. The van der Waals surface area contributed by atoms with Crippen LogP contribution in [0.2, 0.25) is 0 Å². The highest BCUT2D eigenvalue weighted by Gasteiger charge is 2.29. The molecular weight excluding hydrogens is 544 g/mol. The molecule has 0 aliphatic carbocycles. The minimum atomic E-state index is -0.717. The van der Waals surface area contributed by atoms with Crippen LogP contribution in [0.15, 0.2) is 24.3 Å². The molecule has 1 aromatic rings. The molecule has 9 heteroatoms.